The van der Waals surface area contributed by atoms with Crippen LogP contribution in [0.15, 0.2) is 18.2 Å². The molecule has 1 aliphatic carbocycles. The number of carbonyl (C=O) groups is 1. The van der Waals surface area contributed by atoms with Crippen molar-refractivity contribution in [1.82, 2.24) is 0 Å². The summed E-state index contributed by atoms with van der Waals surface area (Å²) < 4.78 is 31.8. The number of ether oxygens (including phenoxy) is 1. The Labute approximate surface area is 111 Å². The van der Waals surface area contributed by atoms with Gasteiger partial charge in [0.05, 0.1) is 5.56 Å². The van der Waals surface area contributed by atoms with E-state index in [2.05, 4.69) is 6.92 Å². The Hall–Kier alpha value is -1.45. The number of esters is 1. The van der Waals surface area contributed by atoms with E-state index in [9.17, 15) is 13.6 Å². The molecule has 2 atom stereocenters. The van der Waals surface area contributed by atoms with Gasteiger partial charge in [0.2, 0.25) is 0 Å². The fraction of sp³-hybridized carbons (Fsp3) is 0.533. The van der Waals surface area contributed by atoms with Gasteiger partial charge in [-0.15, -0.1) is 0 Å². The highest BCUT2D eigenvalue weighted by molar-refractivity contribution is 5.89. The SMILES string of the molecule is CCC1CCCC(OC(=O)c2cccc(F)c2F)C1. The molecular weight excluding hydrogens is 250 g/mol. The lowest BCUT2D eigenvalue weighted by atomic mass is 9.85. The van der Waals surface area contributed by atoms with Crippen LogP contribution in [0.5, 0.6) is 0 Å². The Morgan fingerprint density at radius 2 is 2.16 bits per heavy atom. The van der Waals surface area contributed by atoms with Crippen molar-refractivity contribution in [3.8, 4) is 0 Å². The summed E-state index contributed by atoms with van der Waals surface area (Å²) in [6.07, 6.45) is 4.68. The second-order valence-electron chi connectivity index (χ2n) is 5.07. The molecule has 0 N–H and O–H groups in total. The highest BCUT2D eigenvalue weighted by Gasteiger charge is 2.25. The minimum absolute atomic E-state index is 0.172. The topological polar surface area (TPSA) is 26.3 Å². The predicted octanol–water partition coefficient (Wildman–Crippen LogP) is 4.09. The van der Waals surface area contributed by atoms with Gasteiger partial charge in [0.1, 0.15) is 6.10 Å². The van der Waals surface area contributed by atoms with Crippen molar-refractivity contribution in [2.75, 3.05) is 0 Å². The van der Waals surface area contributed by atoms with Crippen LogP contribution >= 0.6 is 0 Å². The van der Waals surface area contributed by atoms with Crippen molar-refractivity contribution in [2.45, 2.75) is 45.1 Å². The van der Waals surface area contributed by atoms with Crippen LogP contribution in [0.1, 0.15) is 49.4 Å². The van der Waals surface area contributed by atoms with Gasteiger partial charge in [0, 0.05) is 0 Å². The van der Waals surface area contributed by atoms with Gasteiger partial charge in [-0.2, -0.15) is 0 Å². The van der Waals surface area contributed by atoms with E-state index in [4.69, 9.17) is 4.74 Å². The average molecular weight is 268 g/mol. The van der Waals surface area contributed by atoms with Crippen LogP contribution in [0.3, 0.4) is 0 Å². The zero-order chi connectivity index (χ0) is 13.8. The molecule has 0 heterocycles. The summed E-state index contributed by atoms with van der Waals surface area (Å²) in [6.45, 7) is 2.11. The van der Waals surface area contributed by atoms with E-state index in [-0.39, 0.29) is 11.7 Å². The summed E-state index contributed by atoms with van der Waals surface area (Å²) in [5.41, 5.74) is -0.321. The van der Waals surface area contributed by atoms with E-state index in [1.54, 1.807) is 0 Å². The first-order valence-corrected chi connectivity index (χ1v) is 6.76. The van der Waals surface area contributed by atoms with Gasteiger partial charge in [-0.05, 0) is 37.3 Å². The van der Waals surface area contributed by atoms with Gasteiger partial charge >= 0.3 is 5.97 Å². The first kappa shape index (κ1) is 14.0. The van der Waals surface area contributed by atoms with Crippen LogP contribution in [0, 0.1) is 17.6 Å². The molecule has 1 aromatic rings. The van der Waals surface area contributed by atoms with Gasteiger partial charge in [-0.25, -0.2) is 13.6 Å². The summed E-state index contributed by atoms with van der Waals surface area (Å²) in [6, 6.07) is 3.55. The lowest BCUT2D eigenvalue weighted by Gasteiger charge is -2.28. The van der Waals surface area contributed by atoms with Crippen LogP contribution in [0.25, 0.3) is 0 Å². The van der Waals surface area contributed by atoms with E-state index < -0.39 is 17.6 Å². The molecule has 0 aliphatic heterocycles. The average Bonchev–Trinajstić information content (AvgIpc) is 2.42. The van der Waals surface area contributed by atoms with Crippen LogP contribution < -0.4 is 0 Å². The summed E-state index contributed by atoms with van der Waals surface area (Å²) >= 11 is 0. The number of hydrogen-bond donors (Lipinski definition) is 0. The number of halogens is 2. The van der Waals surface area contributed by atoms with Crippen LogP contribution in [-0.4, -0.2) is 12.1 Å². The third kappa shape index (κ3) is 3.31. The van der Waals surface area contributed by atoms with Crippen molar-refractivity contribution < 1.29 is 18.3 Å². The van der Waals surface area contributed by atoms with Crippen LogP contribution in [0.2, 0.25) is 0 Å². The molecule has 2 nitrogen and oxygen atoms in total. The Balaban J connectivity index is 2.02. The van der Waals surface area contributed by atoms with Gasteiger partial charge < -0.3 is 4.74 Å². The molecule has 0 bridgehead atoms. The Kier molecular flexibility index (Phi) is 4.51. The number of hydrogen-bond acceptors (Lipinski definition) is 2. The van der Waals surface area contributed by atoms with Crippen molar-refractivity contribution in [2.24, 2.45) is 5.92 Å². The molecule has 1 aromatic carbocycles. The second kappa shape index (κ2) is 6.13. The molecule has 1 fully saturated rings. The first-order chi connectivity index (χ1) is 9.11. The maximum atomic E-state index is 13.5. The monoisotopic (exact) mass is 268 g/mol. The van der Waals surface area contributed by atoms with Crippen molar-refractivity contribution in [1.29, 1.82) is 0 Å². The zero-order valence-corrected chi connectivity index (χ0v) is 11.0. The zero-order valence-electron chi connectivity index (χ0n) is 11.0. The molecule has 104 valence electrons. The van der Waals surface area contributed by atoms with Gasteiger partial charge in [-0.3, -0.25) is 0 Å². The standard InChI is InChI=1S/C15H18F2O2/c1-2-10-5-3-6-11(9-10)19-15(18)12-7-4-8-13(16)14(12)17/h4,7-8,10-11H,2-3,5-6,9H2,1H3. The molecule has 0 saturated heterocycles. The van der Waals surface area contributed by atoms with E-state index >= 15 is 0 Å². The fourth-order valence-electron chi connectivity index (χ4n) is 2.60. The molecule has 2 rings (SSSR count). The first-order valence-electron chi connectivity index (χ1n) is 6.76. The van der Waals surface area contributed by atoms with Gasteiger partial charge in [0.15, 0.2) is 11.6 Å². The number of rotatable bonds is 3. The van der Waals surface area contributed by atoms with E-state index in [0.29, 0.717) is 5.92 Å². The third-order valence-corrected chi connectivity index (χ3v) is 3.76. The minimum Gasteiger partial charge on any atom is -0.459 e. The van der Waals surface area contributed by atoms with Gasteiger partial charge in [-0.1, -0.05) is 25.8 Å². The highest BCUT2D eigenvalue weighted by atomic mass is 19.2. The number of carbonyl (C=O) groups excluding carboxylic acids is 1. The van der Waals surface area contributed by atoms with Crippen molar-refractivity contribution in [3.63, 3.8) is 0 Å². The lowest BCUT2D eigenvalue weighted by Crippen LogP contribution is -2.26. The van der Waals surface area contributed by atoms with E-state index in [1.165, 1.54) is 12.1 Å². The molecule has 1 saturated carbocycles. The molecule has 1 aliphatic rings. The molecule has 0 spiro atoms. The van der Waals surface area contributed by atoms with Gasteiger partial charge in [0.25, 0.3) is 0 Å². The van der Waals surface area contributed by atoms with Crippen LogP contribution in [-0.2, 0) is 4.74 Å². The maximum absolute atomic E-state index is 13.5. The molecule has 19 heavy (non-hydrogen) atoms. The molecule has 2 unspecified atom stereocenters. The normalized spacial score (nSPS) is 23.1. The lowest BCUT2D eigenvalue weighted by molar-refractivity contribution is 0.0134. The van der Waals surface area contributed by atoms with E-state index in [0.717, 1.165) is 38.2 Å². The smallest absolute Gasteiger partial charge is 0.341 e. The second-order valence-corrected chi connectivity index (χ2v) is 5.07. The summed E-state index contributed by atoms with van der Waals surface area (Å²) in [5, 5.41) is 0. The van der Waals surface area contributed by atoms with Crippen molar-refractivity contribution in [3.05, 3.63) is 35.4 Å². The largest absolute Gasteiger partial charge is 0.459 e. The Bertz CT molecular complexity index is 459. The fourth-order valence-corrected chi connectivity index (χ4v) is 2.60. The number of benzene rings is 1. The maximum Gasteiger partial charge on any atom is 0.341 e. The summed E-state index contributed by atoms with van der Waals surface area (Å²) in [7, 11) is 0. The molecule has 0 aromatic heterocycles. The molecule has 0 radical (unpaired) electrons. The third-order valence-electron chi connectivity index (χ3n) is 3.76. The van der Waals surface area contributed by atoms with E-state index in [1.807, 2.05) is 0 Å². The van der Waals surface area contributed by atoms with Crippen molar-refractivity contribution >= 4 is 5.97 Å². The Morgan fingerprint density at radius 1 is 1.37 bits per heavy atom. The Morgan fingerprint density at radius 3 is 2.89 bits per heavy atom. The summed E-state index contributed by atoms with van der Waals surface area (Å²) in [5.74, 6) is -2.36. The minimum atomic E-state index is -1.13. The predicted molar refractivity (Wildman–Crippen MR) is 67.8 cm³/mol. The quantitative estimate of drug-likeness (QED) is 0.772. The van der Waals surface area contributed by atoms with Crippen LogP contribution in [0.4, 0.5) is 8.78 Å². The summed E-state index contributed by atoms with van der Waals surface area (Å²) in [4.78, 5) is 11.9. The molecule has 4 heteroatoms. The molecular formula is C15H18F2O2. The molecule has 0 amide bonds. The highest BCUT2D eigenvalue weighted by Crippen LogP contribution is 2.29.